The van der Waals surface area contributed by atoms with E-state index in [0.29, 0.717) is 16.1 Å². The number of carbonyl (C=O) groups excluding carboxylic acids is 1. The number of hydrogen-bond donors (Lipinski definition) is 1. The maximum absolute atomic E-state index is 12.8. The molecular weight excluding hydrogens is 346 g/mol. The van der Waals surface area contributed by atoms with Crippen molar-refractivity contribution in [2.75, 3.05) is 5.75 Å². The number of aromatic nitrogens is 2. The molecule has 0 radical (unpaired) electrons. The second kappa shape index (κ2) is 8.25. The number of para-hydroxylation sites is 1. The van der Waals surface area contributed by atoms with Crippen molar-refractivity contribution in [1.82, 2.24) is 14.9 Å². The van der Waals surface area contributed by atoms with E-state index in [-0.39, 0.29) is 29.3 Å². The van der Waals surface area contributed by atoms with Crippen LogP contribution in [0.15, 0.2) is 34.2 Å². The van der Waals surface area contributed by atoms with Crippen molar-refractivity contribution in [3.8, 4) is 0 Å². The zero-order chi connectivity index (χ0) is 18.7. The topological polar surface area (TPSA) is 64.0 Å². The van der Waals surface area contributed by atoms with Crippen LogP contribution in [0.1, 0.15) is 52.5 Å². The van der Waals surface area contributed by atoms with E-state index in [1.54, 1.807) is 10.6 Å². The molecule has 1 heterocycles. The molecule has 26 heavy (non-hydrogen) atoms. The van der Waals surface area contributed by atoms with E-state index >= 15 is 0 Å². The Kier molecular flexibility index (Phi) is 6.01. The zero-order valence-electron chi connectivity index (χ0n) is 15.7. The van der Waals surface area contributed by atoms with Crippen LogP contribution in [0.2, 0.25) is 0 Å². The summed E-state index contributed by atoms with van der Waals surface area (Å²) in [7, 11) is 0. The van der Waals surface area contributed by atoms with E-state index in [2.05, 4.69) is 17.2 Å². The molecule has 5 nitrogen and oxygen atoms in total. The van der Waals surface area contributed by atoms with Crippen LogP contribution in [0.25, 0.3) is 10.9 Å². The van der Waals surface area contributed by atoms with Gasteiger partial charge in [0, 0.05) is 12.1 Å². The van der Waals surface area contributed by atoms with Crippen molar-refractivity contribution in [2.45, 2.75) is 63.7 Å². The molecule has 6 heteroatoms. The molecule has 0 saturated heterocycles. The molecule has 3 rings (SSSR count). The second-order valence-electron chi connectivity index (χ2n) is 7.49. The van der Waals surface area contributed by atoms with Crippen LogP contribution >= 0.6 is 11.8 Å². The normalized spacial score (nSPS) is 20.5. The van der Waals surface area contributed by atoms with E-state index in [9.17, 15) is 9.59 Å². The van der Waals surface area contributed by atoms with Gasteiger partial charge in [-0.3, -0.25) is 14.2 Å². The fourth-order valence-corrected chi connectivity index (χ4v) is 4.43. The predicted molar refractivity (Wildman–Crippen MR) is 107 cm³/mol. The van der Waals surface area contributed by atoms with Crippen LogP contribution in [0.4, 0.5) is 0 Å². The maximum Gasteiger partial charge on any atom is 0.262 e. The second-order valence-corrected chi connectivity index (χ2v) is 8.44. The highest BCUT2D eigenvalue weighted by atomic mass is 32.2. The average molecular weight is 374 g/mol. The van der Waals surface area contributed by atoms with Gasteiger partial charge in [-0.05, 0) is 57.6 Å². The summed E-state index contributed by atoms with van der Waals surface area (Å²) in [6.45, 7) is 6.20. The lowest BCUT2D eigenvalue weighted by Crippen LogP contribution is -2.38. The molecule has 2 aromatic rings. The molecule has 0 unspecified atom stereocenters. The molecule has 0 spiro atoms. The highest BCUT2D eigenvalue weighted by Crippen LogP contribution is 2.24. The molecule has 1 N–H and O–H groups in total. The molecule has 1 fully saturated rings. The van der Waals surface area contributed by atoms with Gasteiger partial charge in [-0.15, -0.1) is 0 Å². The van der Waals surface area contributed by atoms with Crippen molar-refractivity contribution < 1.29 is 4.79 Å². The highest BCUT2D eigenvalue weighted by molar-refractivity contribution is 7.99. The van der Waals surface area contributed by atoms with Gasteiger partial charge in [0.15, 0.2) is 5.16 Å². The summed E-state index contributed by atoms with van der Waals surface area (Å²) >= 11 is 1.34. The van der Waals surface area contributed by atoms with Gasteiger partial charge >= 0.3 is 0 Å². The van der Waals surface area contributed by atoms with Crippen molar-refractivity contribution in [3.63, 3.8) is 0 Å². The molecule has 1 amide bonds. The number of carbonyl (C=O) groups is 1. The predicted octanol–water partition coefficient (Wildman–Crippen LogP) is 3.76. The quantitative estimate of drug-likeness (QED) is 0.640. The lowest BCUT2D eigenvalue weighted by Gasteiger charge is -2.26. The molecule has 140 valence electrons. The summed E-state index contributed by atoms with van der Waals surface area (Å²) < 4.78 is 1.68. The Labute approximate surface area is 158 Å². The van der Waals surface area contributed by atoms with Crippen molar-refractivity contribution in [2.24, 2.45) is 5.92 Å². The Hall–Kier alpha value is -1.82. The summed E-state index contributed by atoms with van der Waals surface area (Å²) in [4.78, 5) is 29.8. The minimum absolute atomic E-state index is 0.00926. The largest absolute Gasteiger partial charge is 0.353 e. The van der Waals surface area contributed by atoms with Gasteiger partial charge in [-0.1, -0.05) is 30.8 Å². The molecule has 0 bridgehead atoms. The summed E-state index contributed by atoms with van der Waals surface area (Å²) in [5.41, 5.74) is 0.633. The van der Waals surface area contributed by atoms with Gasteiger partial charge in [-0.25, -0.2) is 4.98 Å². The van der Waals surface area contributed by atoms with Crippen molar-refractivity contribution >= 4 is 28.6 Å². The first kappa shape index (κ1) is 19.0. The van der Waals surface area contributed by atoms with Gasteiger partial charge in [0.05, 0.1) is 16.7 Å². The minimum Gasteiger partial charge on any atom is -0.353 e. The van der Waals surface area contributed by atoms with Gasteiger partial charge in [0.2, 0.25) is 5.91 Å². The van der Waals surface area contributed by atoms with Gasteiger partial charge in [0.1, 0.15) is 0 Å². The van der Waals surface area contributed by atoms with Crippen LogP contribution in [-0.4, -0.2) is 27.3 Å². The Morgan fingerprint density at radius 3 is 2.65 bits per heavy atom. The van der Waals surface area contributed by atoms with E-state index in [0.717, 1.165) is 18.8 Å². The average Bonchev–Trinajstić information content (AvgIpc) is 2.61. The number of amides is 1. The first-order chi connectivity index (χ1) is 12.5. The van der Waals surface area contributed by atoms with Crippen LogP contribution in [-0.2, 0) is 4.79 Å². The molecule has 1 aromatic heterocycles. The summed E-state index contributed by atoms with van der Waals surface area (Å²) in [5.74, 6) is 1.07. The lowest BCUT2D eigenvalue weighted by atomic mass is 9.87. The van der Waals surface area contributed by atoms with Gasteiger partial charge in [0.25, 0.3) is 5.56 Å². The summed E-state index contributed by atoms with van der Waals surface area (Å²) in [5, 5.41) is 4.36. The van der Waals surface area contributed by atoms with Gasteiger partial charge in [-0.2, -0.15) is 0 Å². The maximum atomic E-state index is 12.8. The van der Waals surface area contributed by atoms with E-state index in [4.69, 9.17) is 0 Å². The smallest absolute Gasteiger partial charge is 0.262 e. The first-order valence-electron chi connectivity index (χ1n) is 9.39. The summed E-state index contributed by atoms with van der Waals surface area (Å²) in [6, 6.07) is 7.64. The van der Waals surface area contributed by atoms with Crippen LogP contribution in [0.3, 0.4) is 0 Å². The number of rotatable bonds is 5. The minimum atomic E-state index is -0.0465. The number of fused-ring (bicyclic) bond motifs is 1. The van der Waals surface area contributed by atoms with Crippen molar-refractivity contribution in [3.05, 3.63) is 34.6 Å². The molecule has 1 aliphatic rings. The third-order valence-electron chi connectivity index (χ3n) is 5.01. The van der Waals surface area contributed by atoms with Crippen LogP contribution in [0.5, 0.6) is 0 Å². The monoisotopic (exact) mass is 373 g/mol. The SMILES string of the molecule is CC1CCC(NC(=O)CSc2nc3ccccc3c(=O)n2C(C)C)CC1. The third kappa shape index (κ3) is 4.29. The Morgan fingerprint density at radius 2 is 1.96 bits per heavy atom. The third-order valence-corrected chi connectivity index (χ3v) is 5.96. The number of thioether (sulfide) groups is 1. The van der Waals surface area contributed by atoms with Gasteiger partial charge < -0.3 is 5.32 Å². The Balaban J connectivity index is 1.73. The molecule has 1 saturated carbocycles. The van der Waals surface area contributed by atoms with Crippen LogP contribution in [0, 0.1) is 5.92 Å². The Morgan fingerprint density at radius 1 is 1.27 bits per heavy atom. The van der Waals surface area contributed by atoms with Crippen LogP contribution < -0.4 is 10.9 Å². The number of benzene rings is 1. The fourth-order valence-electron chi connectivity index (χ4n) is 3.49. The number of nitrogens with zero attached hydrogens (tertiary/aromatic N) is 2. The molecule has 0 atom stereocenters. The number of nitrogens with one attached hydrogen (secondary N) is 1. The lowest BCUT2D eigenvalue weighted by molar-refractivity contribution is -0.119. The standard InChI is InChI=1S/C20H27N3O2S/c1-13(2)23-19(25)16-6-4-5-7-17(16)22-20(23)26-12-18(24)21-15-10-8-14(3)9-11-15/h4-7,13-15H,8-12H2,1-3H3,(H,21,24). The fraction of sp³-hybridized carbons (Fsp3) is 0.550. The first-order valence-corrected chi connectivity index (χ1v) is 10.4. The zero-order valence-corrected chi connectivity index (χ0v) is 16.5. The Bertz CT molecular complexity index is 839. The number of hydrogen-bond acceptors (Lipinski definition) is 4. The molecular formula is C20H27N3O2S. The van der Waals surface area contributed by atoms with Crippen molar-refractivity contribution in [1.29, 1.82) is 0 Å². The summed E-state index contributed by atoms with van der Waals surface area (Å²) in [6.07, 6.45) is 4.47. The van der Waals surface area contributed by atoms with E-state index in [1.807, 2.05) is 32.0 Å². The van der Waals surface area contributed by atoms with E-state index < -0.39 is 0 Å². The molecule has 1 aliphatic carbocycles. The molecule has 0 aliphatic heterocycles. The molecule has 1 aromatic carbocycles. The van der Waals surface area contributed by atoms with E-state index in [1.165, 1.54) is 24.6 Å². The highest BCUT2D eigenvalue weighted by Gasteiger charge is 2.20.